The van der Waals surface area contributed by atoms with Gasteiger partial charge in [-0.3, -0.25) is 14.5 Å². The monoisotopic (exact) mass is 399 g/mol. The van der Waals surface area contributed by atoms with E-state index >= 15 is 0 Å². The van der Waals surface area contributed by atoms with E-state index in [0.29, 0.717) is 15.7 Å². The average Bonchev–Trinajstić information content (AvgIpc) is 2.65. The molecule has 0 aliphatic carbocycles. The predicted octanol–water partition coefficient (Wildman–Crippen LogP) is 3.95. The summed E-state index contributed by atoms with van der Waals surface area (Å²) in [6, 6.07) is 4.86. The Hall–Kier alpha value is -1.30. The number of unbranched alkanes of at least 4 members (excludes halogenated alkanes) is 1. The molecule has 144 valence electrons. The first-order valence-electron chi connectivity index (χ1n) is 9.20. The zero-order valence-electron chi connectivity index (χ0n) is 15.4. The molecule has 2 rings (SSSR count). The number of likely N-dealkylation sites (tertiary alicyclic amines) is 1. The summed E-state index contributed by atoms with van der Waals surface area (Å²) in [7, 11) is 0. The van der Waals surface area contributed by atoms with Gasteiger partial charge in [-0.05, 0) is 51.4 Å². The van der Waals surface area contributed by atoms with Crippen LogP contribution in [-0.2, 0) is 9.59 Å². The fraction of sp³-hybridized carbons (Fsp3) is 0.579. The van der Waals surface area contributed by atoms with E-state index in [-0.39, 0.29) is 23.8 Å². The quantitative estimate of drug-likeness (QED) is 0.682. The highest BCUT2D eigenvalue weighted by Gasteiger charge is 2.29. The van der Waals surface area contributed by atoms with Crippen molar-refractivity contribution in [1.82, 2.24) is 10.2 Å². The van der Waals surface area contributed by atoms with Crippen molar-refractivity contribution in [2.24, 2.45) is 5.92 Å². The van der Waals surface area contributed by atoms with E-state index in [1.807, 2.05) is 6.92 Å². The van der Waals surface area contributed by atoms with Crippen LogP contribution in [0.3, 0.4) is 0 Å². The molecule has 1 aliphatic rings. The molecule has 1 aromatic carbocycles. The number of piperidine rings is 1. The minimum atomic E-state index is -0.297. The topological polar surface area (TPSA) is 61.4 Å². The van der Waals surface area contributed by atoms with Gasteiger partial charge in [-0.2, -0.15) is 0 Å². The number of amides is 2. The summed E-state index contributed by atoms with van der Waals surface area (Å²) in [4.78, 5) is 26.8. The highest BCUT2D eigenvalue weighted by atomic mass is 35.5. The maximum absolute atomic E-state index is 12.5. The molecule has 2 N–H and O–H groups in total. The molecular weight excluding hydrogens is 373 g/mol. The normalized spacial score (nSPS) is 16.9. The Morgan fingerprint density at radius 1 is 1.27 bits per heavy atom. The van der Waals surface area contributed by atoms with Crippen LogP contribution < -0.4 is 10.6 Å². The number of hydrogen-bond acceptors (Lipinski definition) is 3. The number of carbonyl (C=O) groups excluding carboxylic acids is 2. The van der Waals surface area contributed by atoms with Crippen molar-refractivity contribution < 1.29 is 9.59 Å². The highest BCUT2D eigenvalue weighted by Crippen LogP contribution is 2.30. The van der Waals surface area contributed by atoms with Crippen molar-refractivity contribution >= 4 is 40.7 Å². The summed E-state index contributed by atoms with van der Waals surface area (Å²) in [6.45, 7) is 6.17. The van der Waals surface area contributed by atoms with Gasteiger partial charge in [-0.25, -0.2) is 0 Å². The van der Waals surface area contributed by atoms with Crippen molar-refractivity contribution in [3.63, 3.8) is 0 Å². The van der Waals surface area contributed by atoms with Crippen LogP contribution in [0.25, 0.3) is 0 Å². The molecule has 7 heteroatoms. The molecule has 1 saturated heterocycles. The Morgan fingerprint density at radius 3 is 2.62 bits per heavy atom. The molecule has 1 heterocycles. The van der Waals surface area contributed by atoms with Crippen LogP contribution in [0.2, 0.25) is 10.0 Å². The van der Waals surface area contributed by atoms with Gasteiger partial charge in [0.2, 0.25) is 11.8 Å². The number of nitrogens with zero attached hydrogens (tertiary/aromatic N) is 1. The summed E-state index contributed by atoms with van der Waals surface area (Å²) >= 11 is 12.1. The molecule has 0 spiro atoms. The number of carbonyl (C=O) groups is 2. The van der Waals surface area contributed by atoms with Gasteiger partial charge in [0.15, 0.2) is 0 Å². The second kappa shape index (κ2) is 10.1. The van der Waals surface area contributed by atoms with E-state index in [2.05, 4.69) is 22.5 Å². The SMILES string of the molecule is CCCCNC(=O)C1CCN([C@@H](C)C(=O)Nc2cccc(Cl)c2Cl)CC1. The predicted molar refractivity (Wildman–Crippen MR) is 107 cm³/mol. The van der Waals surface area contributed by atoms with Crippen LogP contribution in [0.1, 0.15) is 39.5 Å². The van der Waals surface area contributed by atoms with E-state index in [1.54, 1.807) is 18.2 Å². The van der Waals surface area contributed by atoms with Gasteiger partial charge in [-0.15, -0.1) is 0 Å². The van der Waals surface area contributed by atoms with Gasteiger partial charge >= 0.3 is 0 Å². The molecule has 26 heavy (non-hydrogen) atoms. The van der Waals surface area contributed by atoms with E-state index < -0.39 is 0 Å². The maximum Gasteiger partial charge on any atom is 0.241 e. The van der Waals surface area contributed by atoms with Crippen molar-refractivity contribution in [1.29, 1.82) is 0 Å². The van der Waals surface area contributed by atoms with Gasteiger partial charge in [-0.1, -0.05) is 42.6 Å². The molecule has 0 aromatic heterocycles. The number of benzene rings is 1. The van der Waals surface area contributed by atoms with E-state index in [9.17, 15) is 9.59 Å². The molecule has 0 saturated carbocycles. The number of anilines is 1. The van der Waals surface area contributed by atoms with Gasteiger partial charge < -0.3 is 10.6 Å². The smallest absolute Gasteiger partial charge is 0.241 e. The number of halogens is 2. The van der Waals surface area contributed by atoms with Crippen LogP contribution in [0.15, 0.2) is 18.2 Å². The third-order valence-electron chi connectivity index (χ3n) is 4.87. The van der Waals surface area contributed by atoms with E-state index in [0.717, 1.165) is 45.3 Å². The largest absolute Gasteiger partial charge is 0.356 e. The Labute approximate surface area is 165 Å². The number of nitrogens with one attached hydrogen (secondary N) is 2. The first-order chi connectivity index (χ1) is 12.4. The Morgan fingerprint density at radius 2 is 1.96 bits per heavy atom. The minimum Gasteiger partial charge on any atom is -0.356 e. The van der Waals surface area contributed by atoms with Crippen molar-refractivity contribution in [2.45, 2.75) is 45.6 Å². The molecule has 1 aromatic rings. The molecule has 0 unspecified atom stereocenters. The minimum absolute atomic E-state index is 0.0424. The fourth-order valence-electron chi connectivity index (χ4n) is 3.08. The summed E-state index contributed by atoms with van der Waals surface area (Å²) < 4.78 is 0. The third-order valence-corrected chi connectivity index (χ3v) is 5.69. The second-order valence-electron chi connectivity index (χ2n) is 6.72. The van der Waals surface area contributed by atoms with Gasteiger partial charge in [0.25, 0.3) is 0 Å². The number of rotatable bonds is 7. The molecule has 5 nitrogen and oxygen atoms in total. The summed E-state index contributed by atoms with van der Waals surface area (Å²) in [5.74, 6) is 0.0571. The molecule has 1 fully saturated rings. The van der Waals surface area contributed by atoms with Crippen LogP contribution >= 0.6 is 23.2 Å². The van der Waals surface area contributed by atoms with Crippen LogP contribution in [0, 0.1) is 5.92 Å². The van der Waals surface area contributed by atoms with Crippen LogP contribution in [0.5, 0.6) is 0 Å². The standard InChI is InChI=1S/C19H27Cl2N3O2/c1-3-4-10-22-19(26)14-8-11-24(12-9-14)13(2)18(25)23-16-7-5-6-15(20)17(16)21/h5-7,13-14H,3-4,8-12H2,1-2H3,(H,22,26)(H,23,25)/t13-/m0/s1. The molecule has 0 radical (unpaired) electrons. The molecule has 0 bridgehead atoms. The highest BCUT2D eigenvalue weighted by molar-refractivity contribution is 6.44. The zero-order valence-corrected chi connectivity index (χ0v) is 16.9. The Bertz CT molecular complexity index is 631. The first-order valence-corrected chi connectivity index (χ1v) is 9.96. The summed E-state index contributed by atoms with van der Waals surface area (Å²) in [5.41, 5.74) is 0.515. The Balaban J connectivity index is 1.83. The van der Waals surface area contributed by atoms with Crippen molar-refractivity contribution in [3.05, 3.63) is 28.2 Å². The maximum atomic E-state index is 12.5. The van der Waals surface area contributed by atoms with E-state index in [1.165, 1.54) is 0 Å². The lowest BCUT2D eigenvalue weighted by Gasteiger charge is -2.34. The van der Waals surface area contributed by atoms with Crippen LogP contribution in [0.4, 0.5) is 5.69 Å². The van der Waals surface area contributed by atoms with Crippen LogP contribution in [-0.4, -0.2) is 42.4 Å². The number of hydrogen-bond donors (Lipinski definition) is 2. The fourth-order valence-corrected chi connectivity index (χ4v) is 3.43. The summed E-state index contributed by atoms with van der Waals surface area (Å²) in [5, 5.41) is 6.59. The summed E-state index contributed by atoms with van der Waals surface area (Å²) in [6.07, 6.45) is 3.62. The lowest BCUT2D eigenvalue weighted by molar-refractivity contribution is -0.127. The lowest BCUT2D eigenvalue weighted by atomic mass is 9.95. The van der Waals surface area contributed by atoms with Gasteiger partial charge in [0.05, 0.1) is 21.8 Å². The molecular formula is C19H27Cl2N3O2. The molecule has 1 aliphatic heterocycles. The first kappa shape index (κ1) is 21.0. The second-order valence-corrected chi connectivity index (χ2v) is 7.51. The zero-order chi connectivity index (χ0) is 19.1. The Kier molecular flexibility index (Phi) is 8.19. The van der Waals surface area contributed by atoms with Crippen molar-refractivity contribution in [3.8, 4) is 0 Å². The average molecular weight is 400 g/mol. The lowest BCUT2D eigenvalue weighted by Crippen LogP contribution is -2.48. The molecule has 1 atom stereocenters. The van der Waals surface area contributed by atoms with E-state index in [4.69, 9.17) is 23.2 Å². The molecule has 2 amide bonds. The van der Waals surface area contributed by atoms with Gasteiger partial charge in [0.1, 0.15) is 0 Å². The van der Waals surface area contributed by atoms with Crippen molar-refractivity contribution in [2.75, 3.05) is 25.0 Å². The van der Waals surface area contributed by atoms with Gasteiger partial charge in [0, 0.05) is 12.5 Å². The third kappa shape index (κ3) is 5.60.